The lowest BCUT2D eigenvalue weighted by molar-refractivity contribution is -0.308. The number of hydroxylamine groups is 2. The van der Waals surface area contributed by atoms with Gasteiger partial charge in [0.15, 0.2) is 0 Å². The first-order chi connectivity index (χ1) is 13.8. The van der Waals surface area contributed by atoms with Gasteiger partial charge in [-0.05, 0) is 90.0 Å². The molecule has 29 heavy (non-hydrogen) atoms. The van der Waals surface area contributed by atoms with Crippen LogP contribution in [0.4, 0.5) is 0 Å². The summed E-state index contributed by atoms with van der Waals surface area (Å²) in [6.07, 6.45) is 5.46. The van der Waals surface area contributed by atoms with E-state index < -0.39 is 0 Å². The van der Waals surface area contributed by atoms with Gasteiger partial charge in [-0.25, -0.2) is 0 Å². The molecule has 1 atom stereocenters. The number of benzene rings is 2. The van der Waals surface area contributed by atoms with Crippen LogP contribution < -0.4 is 4.74 Å². The smallest absolute Gasteiger partial charge is 0.119 e. The van der Waals surface area contributed by atoms with Crippen LogP contribution in [0.1, 0.15) is 77.5 Å². The van der Waals surface area contributed by atoms with Crippen molar-refractivity contribution in [2.24, 2.45) is 0 Å². The molecule has 2 aromatic carbocycles. The Balaban J connectivity index is 1.86. The maximum atomic E-state index is 6.84. The minimum atomic E-state index is -0.00716. The average Bonchev–Trinajstić information content (AvgIpc) is 2.68. The van der Waals surface area contributed by atoms with E-state index in [1.54, 1.807) is 0 Å². The highest BCUT2D eigenvalue weighted by Gasteiger charge is 2.43. The van der Waals surface area contributed by atoms with Crippen molar-refractivity contribution in [2.75, 3.05) is 6.61 Å². The van der Waals surface area contributed by atoms with Gasteiger partial charge in [-0.15, -0.1) is 0 Å². The molecule has 1 heterocycles. The molecule has 0 bridgehead atoms. The van der Waals surface area contributed by atoms with Gasteiger partial charge in [-0.1, -0.05) is 42.5 Å². The summed E-state index contributed by atoms with van der Waals surface area (Å²) in [6, 6.07) is 19.1. The molecule has 2 aromatic rings. The van der Waals surface area contributed by atoms with E-state index >= 15 is 0 Å². The summed E-state index contributed by atoms with van der Waals surface area (Å²) in [5, 5.41) is 2.28. The fourth-order valence-electron chi connectivity index (χ4n) is 4.58. The number of hydrogen-bond acceptors (Lipinski definition) is 3. The van der Waals surface area contributed by atoms with Crippen molar-refractivity contribution in [3.05, 3.63) is 65.7 Å². The minimum absolute atomic E-state index is 0.00716. The number of ether oxygens (including phenoxy) is 1. The van der Waals surface area contributed by atoms with Crippen molar-refractivity contribution >= 4 is 0 Å². The minimum Gasteiger partial charge on any atom is -0.494 e. The molecule has 3 rings (SSSR count). The molecule has 0 N–H and O–H groups in total. The normalized spacial score (nSPS) is 19.6. The maximum absolute atomic E-state index is 6.84. The zero-order valence-corrected chi connectivity index (χ0v) is 18.8. The van der Waals surface area contributed by atoms with Crippen molar-refractivity contribution < 1.29 is 9.57 Å². The van der Waals surface area contributed by atoms with Crippen LogP contribution >= 0.6 is 0 Å². The van der Waals surface area contributed by atoms with Gasteiger partial charge in [-0.2, -0.15) is 5.06 Å². The number of aryl methyl sites for hydroxylation is 1. The van der Waals surface area contributed by atoms with Gasteiger partial charge in [0.25, 0.3) is 0 Å². The second-order valence-electron chi connectivity index (χ2n) is 9.40. The van der Waals surface area contributed by atoms with Crippen LogP contribution in [0.25, 0.3) is 0 Å². The topological polar surface area (TPSA) is 21.7 Å². The Morgan fingerprint density at radius 3 is 2.28 bits per heavy atom. The van der Waals surface area contributed by atoms with E-state index in [-0.39, 0.29) is 17.2 Å². The van der Waals surface area contributed by atoms with Crippen LogP contribution in [0.15, 0.2) is 54.6 Å². The first-order valence-corrected chi connectivity index (χ1v) is 11.1. The number of nitrogens with zero attached hydrogens (tertiary/aromatic N) is 1. The summed E-state index contributed by atoms with van der Waals surface area (Å²) in [5.41, 5.74) is 2.57. The van der Waals surface area contributed by atoms with Crippen LogP contribution in [-0.2, 0) is 11.3 Å². The molecule has 1 aliphatic heterocycles. The Bertz CT molecular complexity index is 753. The summed E-state index contributed by atoms with van der Waals surface area (Å²) in [6.45, 7) is 11.9. The molecule has 1 unspecified atom stereocenters. The third-order valence-electron chi connectivity index (χ3n) is 5.99. The Morgan fingerprint density at radius 2 is 1.62 bits per heavy atom. The highest BCUT2D eigenvalue weighted by Crippen LogP contribution is 2.41. The zero-order valence-electron chi connectivity index (χ0n) is 18.8. The number of hydrogen-bond donors (Lipinski definition) is 0. The molecular weight excluding hydrogens is 358 g/mol. The zero-order chi connectivity index (χ0) is 20.9. The van der Waals surface area contributed by atoms with Crippen LogP contribution in [0.3, 0.4) is 0 Å². The van der Waals surface area contributed by atoms with E-state index in [2.05, 4.69) is 81.3 Å². The lowest BCUT2D eigenvalue weighted by Gasteiger charge is -2.52. The molecule has 0 aromatic heterocycles. The third kappa shape index (κ3) is 5.61. The fraction of sp³-hybridized carbons (Fsp3) is 0.538. The molecule has 3 heteroatoms. The highest BCUT2D eigenvalue weighted by molar-refractivity contribution is 5.30. The van der Waals surface area contributed by atoms with E-state index in [4.69, 9.17) is 9.57 Å². The Hall–Kier alpha value is -1.84. The molecule has 158 valence electrons. The summed E-state index contributed by atoms with van der Waals surface area (Å²) >= 11 is 0. The van der Waals surface area contributed by atoms with E-state index in [0.29, 0.717) is 6.61 Å². The summed E-state index contributed by atoms with van der Waals surface area (Å²) in [5.74, 6) is 0.912. The SMILES string of the molecule is CCOc1cccc(C(CCc2ccccc2)ON2C(C)(C)CCCC2(C)C)c1. The maximum Gasteiger partial charge on any atom is 0.119 e. The fourth-order valence-corrected chi connectivity index (χ4v) is 4.58. The predicted molar refractivity (Wildman–Crippen MR) is 120 cm³/mol. The summed E-state index contributed by atoms with van der Waals surface area (Å²) in [7, 11) is 0. The van der Waals surface area contributed by atoms with E-state index in [0.717, 1.165) is 31.4 Å². The molecule has 0 radical (unpaired) electrons. The second-order valence-corrected chi connectivity index (χ2v) is 9.40. The van der Waals surface area contributed by atoms with E-state index in [1.807, 2.05) is 13.0 Å². The van der Waals surface area contributed by atoms with Gasteiger partial charge < -0.3 is 4.74 Å². The monoisotopic (exact) mass is 395 g/mol. The summed E-state index contributed by atoms with van der Waals surface area (Å²) in [4.78, 5) is 6.84. The summed E-state index contributed by atoms with van der Waals surface area (Å²) < 4.78 is 5.76. The highest BCUT2D eigenvalue weighted by atomic mass is 16.7. The molecule has 0 aliphatic carbocycles. The Labute approximate surface area is 177 Å². The van der Waals surface area contributed by atoms with Crippen LogP contribution in [0, 0.1) is 0 Å². The van der Waals surface area contributed by atoms with Gasteiger partial charge in [-0.3, -0.25) is 4.84 Å². The van der Waals surface area contributed by atoms with Crippen molar-refractivity contribution in [1.82, 2.24) is 5.06 Å². The van der Waals surface area contributed by atoms with Gasteiger partial charge >= 0.3 is 0 Å². The van der Waals surface area contributed by atoms with Gasteiger partial charge in [0.1, 0.15) is 11.9 Å². The standard InChI is InChI=1S/C26H37NO2/c1-6-28-23-15-10-14-22(20-23)24(17-16-21-12-8-7-9-13-21)29-27-25(2,3)18-11-19-26(27,4)5/h7-10,12-15,20,24H,6,11,16-19H2,1-5H3. The van der Waals surface area contributed by atoms with Gasteiger partial charge in [0.05, 0.1) is 6.61 Å². The lowest BCUT2D eigenvalue weighted by Crippen LogP contribution is -2.58. The largest absolute Gasteiger partial charge is 0.494 e. The van der Waals surface area contributed by atoms with Crippen LogP contribution in [0.2, 0.25) is 0 Å². The van der Waals surface area contributed by atoms with Gasteiger partial charge in [0.2, 0.25) is 0 Å². The van der Waals surface area contributed by atoms with Crippen LogP contribution in [0.5, 0.6) is 5.75 Å². The molecule has 1 fully saturated rings. The van der Waals surface area contributed by atoms with Crippen LogP contribution in [-0.4, -0.2) is 22.7 Å². The Kier molecular flexibility index (Phi) is 7.02. The predicted octanol–water partition coefficient (Wildman–Crippen LogP) is 6.73. The van der Waals surface area contributed by atoms with Crippen molar-refractivity contribution in [3.63, 3.8) is 0 Å². The van der Waals surface area contributed by atoms with Gasteiger partial charge in [0, 0.05) is 11.1 Å². The third-order valence-corrected chi connectivity index (χ3v) is 5.99. The number of piperidine rings is 1. The number of rotatable bonds is 8. The molecular formula is C26H37NO2. The molecule has 1 aliphatic rings. The Morgan fingerprint density at radius 1 is 0.931 bits per heavy atom. The molecule has 0 saturated carbocycles. The molecule has 3 nitrogen and oxygen atoms in total. The van der Waals surface area contributed by atoms with Crippen molar-refractivity contribution in [3.8, 4) is 5.75 Å². The lowest BCUT2D eigenvalue weighted by atomic mass is 9.82. The second kappa shape index (κ2) is 9.32. The molecule has 0 amide bonds. The van der Waals surface area contributed by atoms with E-state index in [9.17, 15) is 0 Å². The first kappa shape index (κ1) is 21.9. The van der Waals surface area contributed by atoms with Crippen molar-refractivity contribution in [2.45, 2.75) is 83.9 Å². The van der Waals surface area contributed by atoms with Crippen molar-refractivity contribution in [1.29, 1.82) is 0 Å². The quantitative estimate of drug-likeness (QED) is 0.494. The molecule has 0 spiro atoms. The van der Waals surface area contributed by atoms with E-state index in [1.165, 1.54) is 17.5 Å². The average molecular weight is 396 g/mol. The molecule has 1 saturated heterocycles. The first-order valence-electron chi connectivity index (χ1n) is 11.1.